The molecule has 0 amide bonds. The van der Waals surface area contributed by atoms with Crippen molar-refractivity contribution in [2.24, 2.45) is 11.8 Å². The summed E-state index contributed by atoms with van der Waals surface area (Å²) in [6, 6.07) is 0. The summed E-state index contributed by atoms with van der Waals surface area (Å²) in [5.74, 6) is 1.73. The molecule has 2 saturated carbocycles. The summed E-state index contributed by atoms with van der Waals surface area (Å²) >= 11 is 14.6. The SMILES string of the molecule is BrC1(Br)CC1CCCC1CC1(Br)Br. The van der Waals surface area contributed by atoms with E-state index in [1.807, 2.05) is 0 Å². The van der Waals surface area contributed by atoms with Crippen LogP contribution in [-0.4, -0.2) is 6.47 Å². The minimum Gasteiger partial charge on any atom is -0.0724 e. The fourth-order valence-electron chi connectivity index (χ4n) is 1.78. The highest BCUT2D eigenvalue weighted by atomic mass is 79.9. The van der Waals surface area contributed by atoms with Gasteiger partial charge in [-0.2, -0.15) is 0 Å². The van der Waals surface area contributed by atoms with E-state index in [-0.39, 0.29) is 0 Å². The molecule has 2 rings (SSSR count). The van der Waals surface area contributed by atoms with Gasteiger partial charge in [0.1, 0.15) is 0 Å². The average Bonchev–Trinajstić information content (AvgIpc) is 2.75. The van der Waals surface area contributed by atoms with Crippen LogP contribution in [0.1, 0.15) is 32.1 Å². The summed E-state index contributed by atoms with van der Waals surface area (Å²) in [4.78, 5) is 0. The zero-order chi connectivity index (χ0) is 9.69. The molecule has 0 saturated heterocycles. The van der Waals surface area contributed by atoms with Crippen LogP contribution in [0.4, 0.5) is 0 Å². The van der Waals surface area contributed by atoms with E-state index in [2.05, 4.69) is 63.7 Å². The lowest BCUT2D eigenvalue weighted by Gasteiger charge is -2.01. The van der Waals surface area contributed by atoms with E-state index in [1.54, 1.807) is 0 Å². The van der Waals surface area contributed by atoms with Gasteiger partial charge in [-0.3, -0.25) is 0 Å². The first-order chi connectivity index (χ1) is 5.92. The summed E-state index contributed by atoms with van der Waals surface area (Å²) < 4.78 is 0.618. The first-order valence-electron chi connectivity index (χ1n) is 4.67. The smallest absolute Gasteiger partial charge is 0.0724 e. The van der Waals surface area contributed by atoms with Crippen molar-refractivity contribution < 1.29 is 0 Å². The molecule has 2 atom stereocenters. The Hall–Kier alpha value is 1.92. The molecule has 2 fully saturated rings. The van der Waals surface area contributed by atoms with Gasteiger partial charge in [0.2, 0.25) is 0 Å². The Labute approximate surface area is 113 Å². The van der Waals surface area contributed by atoms with E-state index in [9.17, 15) is 0 Å². The maximum absolute atomic E-state index is 3.66. The molecule has 76 valence electrons. The molecule has 2 aliphatic carbocycles. The molecule has 0 aliphatic heterocycles. The van der Waals surface area contributed by atoms with Crippen molar-refractivity contribution in [1.82, 2.24) is 0 Å². The number of hydrogen-bond donors (Lipinski definition) is 0. The largest absolute Gasteiger partial charge is 0.0837 e. The van der Waals surface area contributed by atoms with Crippen molar-refractivity contribution in [3.8, 4) is 0 Å². The molecule has 0 N–H and O–H groups in total. The minimum atomic E-state index is 0.309. The molecule has 4 heteroatoms. The topological polar surface area (TPSA) is 0 Å². The predicted molar refractivity (Wildman–Crippen MR) is 71.2 cm³/mol. The van der Waals surface area contributed by atoms with E-state index in [1.165, 1.54) is 32.1 Å². The minimum absolute atomic E-state index is 0.309. The predicted octanol–water partition coefficient (Wildman–Crippen LogP) is 5.17. The number of halogens is 4. The van der Waals surface area contributed by atoms with Gasteiger partial charge in [0, 0.05) is 0 Å². The van der Waals surface area contributed by atoms with Crippen LogP contribution in [0.2, 0.25) is 0 Å². The lowest BCUT2D eigenvalue weighted by Crippen LogP contribution is -1.92. The van der Waals surface area contributed by atoms with Crippen molar-refractivity contribution in [3.63, 3.8) is 0 Å². The molecule has 0 heterocycles. The van der Waals surface area contributed by atoms with Gasteiger partial charge < -0.3 is 0 Å². The molecule has 13 heavy (non-hydrogen) atoms. The van der Waals surface area contributed by atoms with Crippen LogP contribution in [0.25, 0.3) is 0 Å². The second-order valence-corrected chi connectivity index (χ2v) is 12.0. The molecule has 0 aromatic carbocycles. The third kappa shape index (κ3) is 2.94. The van der Waals surface area contributed by atoms with Crippen molar-refractivity contribution in [2.75, 3.05) is 0 Å². The van der Waals surface area contributed by atoms with Crippen LogP contribution in [0.3, 0.4) is 0 Å². The van der Waals surface area contributed by atoms with Crippen LogP contribution in [0.5, 0.6) is 0 Å². The normalized spacial score (nSPS) is 38.8. The third-order valence-corrected chi connectivity index (χ3v) is 6.90. The van der Waals surface area contributed by atoms with Gasteiger partial charge in [-0.15, -0.1) is 0 Å². The number of rotatable bonds is 4. The molecular formula is C9H12Br4. The Balaban J connectivity index is 1.56. The Morgan fingerprint density at radius 1 is 0.846 bits per heavy atom. The van der Waals surface area contributed by atoms with Crippen molar-refractivity contribution >= 4 is 63.7 Å². The average molecular weight is 440 g/mol. The van der Waals surface area contributed by atoms with Gasteiger partial charge >= 0.3 is 0 Å². The second kappa shape index (κ2) is 3.74. The molecule has 0 nitrogen and oxygen atoms in total. The van der Waals surface area contributed by atoms with E-state index in [0.29, 0.717) is 6.47 Å². The lowest BCUT2D eigenvalue weighted by atomic mass is 10.1. The zero-order valence-electron chi connectivity index (χ0n) is 7.20. The number of alkyl halides is 4. The Morgan fingerprint density at radius 2 is 1.15 bits per heavy atom. The summed E-state index contributed by atoms with van der Waals surface area (Å²) in [6.45, 7) is 0. The molecule has 0 aromatic rings. The maximum atomic E-state index is 3.66. The van der Waals surface area contributed by atoms with Gasteiger partial charge in [-0.1, -0.05) is 70.1 Å². The van der Waals surface area contributed by atoms with Gasteiger partial charge in [0.15, 0.2) is 0 Å². The Kier molecular flexibility index (Phi) is 3.28. The van der Waals surface area contributed by atoms with E-state index >= 15 is 0 Å². The summed E-state index contributed by atoms with van der Waals surface area (Å²) in [6.07, 6.45) is 6.69. The highest BCUT2D eigenvalue weighted by molar-refractivity contribution is 9.26. The maximum Gasteiger partial charge on any atom is 0.0837 e. The van der Waals surface area contributed by atoms with Crippen LogP contribution in [0, 0.1) is 11.8 Å². The zero-order valence-corrected chi connectivity index (χ0v) is 13.5. The van der Waals surface area contributed by atoms with Gasteiger partial charge in [0.25, 0.3) is 0 Å². The van der Waals surface area contributed by atoms with Crippen LogP contribution in [-0.2, 0) is 0 Å². The van der Waals surface area contributed by atoms with Gasteiger partial charge in [-0.05, 0) is 37.5 Å². The van der Waals surface area contributed by atoms with Crippen molar-refractivity contribution in [2.45, 2.75) is 38.6 Å². The van der Waals surface area contributed by atoms with Crippen molar-refractivity contribution in [3.05, 3.63) is 0 Å². The standard InChI is InChI=1S/C9H12Br4/c10-8(11)4-6(8)2-1-3-7-5-9(7,12)13/h6-7H,1-5H2. The fraction of sp³-hybridized carbons (Fsp3) is 1.00. The van der Waals surface area contributed by atoms with Crippen LogP contribution < -0.4 is 0 Å². The monoisotopic (exact) mass is 436 g/mol. The van der Waals surface area contributed by atoms with E-state index < -0.39 is 0 Å². The lowest BCUT2D eigenvalue weighted by molar-refractivity contribution is 0.592. The molecule has 0 spiro atoms. The highest BCUT2D eigenvalue weighted by Gasteiger charge is 2.51. The molecule has 0 bridgehead atoms. The van der Waals surface area contributed by atoms with Gasteiger partial charge in [0.05, 0.1) is 6.47 Å². The Morgan fingerprint density at radius 3 is 1.38 bits per heavy atom. The van der Waals surface area contributed by atoms with Crippen LogP contribution in [0.15, 0.2) is 0 Å². The summed E-state index contributed by atoms with van der Waals surface area (Å²) in [5.41, 5.74) is 0. The van der Waals surface area contributed by atoms with Crippen molar-refractivity contribution in [1.29, 1.82) is 0 Å². The van der Waals surface area contributed by atoms with E-state index in [4.69, 9.17) is 0 Å². The second-order valence-electron chi connectivity index (χ2n) is 4.26. The quantitative estimate of drug-likeness (QED) is 0.530. The summed E-state index contributed by atoms with van der Waals surface area (Å²) in [5, 5.41) is 0. The van der Waals surface area contributed by atoms with Crippen LogP contribution >= 0.6 is 63.7 Å². The highest BCUT2D eigenvalue weighted by Crippen LogP contribution is 2.61. The molecule has 2 aliphatic rings. The summed E-state index contributed by atoms with van der Waals surface area (Å²) in [7, 11) is 0. The third-order valence-electron chi connectivity index (χ3n) is 3.02. The molecular weight excluding hydrogens is 428 g/mol. The fourth-order valence-corrected chi connectivity index (χ4v) is 4.26. The first kappa shape index (κ1) is 11.4. The molecule has 2 unspecified atom stereocenters. The van der Waals surface area contributed by atoms with Gasteiger partial charge in [-0.25, -0.2) is 0 Å². The number of hydrogen-bond acceptors (Lipinski definition) is 0. The Bertz CT molecular complexity index is 190. The molecule has 0 aromatic heterocycles. The first-order valence-corrected chi connectivity index (χ1v) is 7.85. The van der Waals surface area contributed by atoms with E-state index in [0.717, 1.165) is 11.8 Å². The molecule has 0 radical (unpaired) electrons.